The molecule has 3 rings (SSSR count). The van der Waals surface area contributed by atoms with Gasteiger partial charge >= 0.3 is 0 Å². The van der Waals surface area contributed by atoms with E-state index in [1.54, 1.807) is 22.5 Å². The second-order valence-electron chi connectivity index (χ2n) is 8.13. The van der Waals surface area contributed by atoms with Crippen molar-refractivity contribution >= 4 is 15.9 Å². The van der Waals surface area contributed by atoms with E-state index in [1.165, 1.54) is 0 Å². The molecule has 1 amide bonds. The third-order valence-electron chi connectivity index (χ3n) is 5.89. The van der Waals surface area contributed by atoms with Crippen molar-refractivity contribution in [3.05, 3.63) is 29.8 Å². The lowest BCUT2D eigenvalue weighted by molar-refractivity contribution is -0.128. The predicted octanol–water partition coefficient (Wildman–Crippen LogP) is 2.38. The van der Waals surface area contributed by atoms with Gasteiger partial charge in [-0.1, -0.05) is 31.4 Å². The first-order valence-corrected chi connectivity index (χ1v) is 11.4. The van der Waals surface area contributed by atoms with Crippen LogP contribution in [0.15, 0.2) is 29.2 Å². The van der Waals surface area contributed by atoms with Crippen LogP contribution in [0.2, 0.25) is 0 Å². The molecule has 7 heteroatoms. The van der Waals surface area contributed by atoms with Crippen LogP contribution < -0.4 is 11.1 Å². The number of benzene rings is 1. The number of amides is 1. The summed E-state index contributed by atoms with van der Waals surface area (Å²) in [7, 11) is -3.46. The van der Waals surface area contributed by atoms with E-state index in [4.69, 9.17) is 5.73 Å². The van der Waals surface area contributed by atoms with Gasteiger partial charge in [0.25, 0.3) is 0 Å². The minimum Gasteiger partial charge on any atom is -0.352 e. The molecule has 2 fully saturated rings. The van der Waals surface area contributed by atoms with E-state index in [2.05, 4.69) is 5.32 Å². The molecule has 0 spiro atoms. The third kappa shape index (κ3) is 4.70. The van der Waals surface area contributed by atoms with Crippen LogP contribution in [0.4, 0.5) is 0 Å². The van der Waals surface area contributed by atoms with Crippen LogP contribution >= 0.6 is 0 Å². The molecular weight excluding hydrogens is 362 g/mol. The van der Waals surface area contributed by atoms with Crippen molar-refractivity contribution in [2.24, 2.45) is 11.7 Å². The highest BCUT2D eigenvalue weighted by atomic mass is 32.2. The largest absolute Gasteiger partial charge is 0.352 e. The van der Waals surface area contributed by atoms with E-state index >= 15 is 0 Å². The molecule has 1 saturated heterocycles. The summed E-state index contributed by atoms with van der Waals surface area (Å²) in [6.45, 7) is 3.43. The van der Waals surface area contributed by atoms with Crippen molar-refractivity contribution in [1.82, 2.24) is 9.62 Å². The average molecular weight is 394 g/mol. The van der Waals surface area contributed by atoms with Gasteiger partial charge in [-0.15, -0.1) is 0 Å². The fraction of sp³-hybridized carbons (Fsp3) is 0.650. The van der Waals surface area contributed by atoms with E-state index in [-0.39, 0.29) is 11.8 Å². The van der Waals surface area contributed by atoms with Crippen molar-refractivity contribution in [2.45, 2.75) is 68.8 Å². The molecule has 1 heterocycles. The van der Waals surface area contributed by atoms with Gasteiger partial charge in [0, 0.05) is 25.2 Å². The Balaban J connectivity index is 1.66. The molecule has 27 heavy (non-hydrogen) atoms. The lowest BCUT2D eigenvalue weighted by atomic mass is 9.74. The van der Waals surface area contributed by atoms with Crippen molar-refractivity contribution in [3.8, 4) is 0 Å². The first-order chi connectivity index (χ1) is 12.8. The van der Waals surface area contributed by atoms with Gasteiger partial charge in [-0.05, 0) is 50.3 Å². The Bertz CT molecular complexity index is 770. The zero-order chi connectivity index (χ0) is 19.5. The number of nitrogens with zero attached hydrogens (tertiary/aromatic N) is 1. The number of carbonyl (C=O) groups excluding carboxylic acids is 1. The summed E-state index contributed by atoms with van der Waals surface area (Å²) in [6.07, 6.45) is 6.65. The maximum Gasteiger partial charge on any atom is 0.243 e. The molecule has 1 saturated carbocycles. The number of carbonyl (C=O) groups is 1. The Kier molecular flexibility index (Phi) is 6.23. The zero-order valence-corrected chi connectivity index (χ0v) is 16.9. The summed E-state index contributed by atoms with van der Waals surface area (Å²) in [5, 5.41) is 2.96. The number of hydrogen-bond acceptors (Lipinski definition) is 4. The van der Waals surface area contributed by atoms with Gasteiger partial charge in [-0.3, -0.25) is 4.79 Å². The Labute approximate surface area is 162 Å². The zero-order valence-electron chi connectivity index (χ0n) is 16.1. The monoisotopic (exact) mass is 393 g/mol. The Morgan fingerprint density at radius 3 is 2.67 bits per heavy atom. The number of nitrogens with one attached hydrogen (secondary N) is 1. The smallest absolute Gasteiger partial charge is 0.243 e. The highest BCUT2D eigenvalue weighted by Gasteiger charge is 2.37. The summed E-state index contributed by atoms with van der Waals surface area (Å²) in [4.78, 5) is 12.9. The second kappa shape index (κ2) is 8.29. The lowest BCUT2D eigenvalue weighted by Gasteiger charge is -2.37. The molecule has 0 aromatic heterocycles. The molecule has 1 aliphatic carbocycles. The Hall–Kier alpha value is -1.44. The minimum atomic E-state index is -3.46. The summed E-state index contributed by atoms with van der Waals surface area (Å²) in [5.74, 6) is -0.226. The molecule has 0 bridgehead atoms. The van der Waals surface area contributed by atoms with Gasteiger partial charge < -0.3 is 11.1 Å². The fourth-order valence-electron chi connectivity index (χ4n) is 4.17. The topological polar surface area (TPSA) is 92.5 Å². The standard InChI is InChI=1S/C20H31N3O3S/c1-20(21)11-4-3-10-18(20)19(24)22-15-16-8-7-9-17(14-16)27(25,26)23-12-5-2-6-13-23/h7-9,14,18H,2-6,10-13,15,21H2,1H3,(H,22,24). The highest BCUT2D eigenvalue weighted by molar-refractivity contribution is 7.89. The van der Waals surface area contributed by atoms with Gasteiger partial charge in [0.1, 0.15) is 0 Å². The van der Waals surface area contributed by atoms with E-state index < -0.39 is 15.6 Å². The van der Waals surface area contributed by atoms with Crippen LogP contribution in [0.3, 0.4) is 0 Å². The van der Waals surface area contributed by atoms with E-state index in [0.717, 1.165) is 50.5 Å². The molecule has 0 radical (unpaired) electrons. The molecule has 3 N–H and O–H groups in total. The molecule has 1 aliphatic heterocycles. The quantitative estimate of drug-likeness (QED) is 0.803. The van der Waals surface area contributed by atoms with Crippen molar-refractivity contribution in [2.75, 3.05) is 13.1 Å². The normalized spacial score (nSPS) is 27.3. The van der Waals surface area contributed by atoms with Crippen LogP contribution in [0.25, 0.3) is 0 Å². The first-order valence-electron chi connectivity index (χ1n) is 9.96. The number of nitrogens with two attached hydrogens (primary N) is 1. The van der Waals surface area contributed by atoms with Crippen LogP contribution in [0.1, 0.15) is 57.4 Å². The number of rotatable bonds is 5. The van der Waals surface area contributed by atoms with Crippen LogP contribution in [0.5, 0.6) is 0 Å². The third-order valence-corrected chi connectivity index (χ3v) is 7.78. The van der Waals surface area contributed by atoms with Crippen LogP contribution in [-0.2, 0) is 21.4 Å². The fourth-order valence-corrected chi connectivity index (χ4v) is 5.76. The second-order valence-corrected chi connectivity index (χ2v) is 10.1. The summed E-state index contributed by atoms with van der Waals surface area (Å²) >= 11 is 0. The SMILES string of the molecule is CC1(N)CCCCC1C(=O)NCc1cccc(S(=O)(=O)N2CCCCC2)c1. The van der Waals surface area contributed by atoms with E-state index in [0.29, 0.717) is 24.5 Å². The molecular formula is C20H31N3O3S. The Morgan fingerprint density at radius 2 is 1.96 bits per heavy atom. The molecule has 2 aliphatic rings. The molecule has 1 aromatic carbocycles. The van der Waals surface area contributed by atoms with Crippen molar-refractivity contribution < 1.29 is 13.2 Å². The van der Waals surface area contributed by atoms with E-state index in [1.807, 2.05) is 13.0 Å². The van der Waals surface area contributed by atoms with Crippen molar-refractivity contribution in [1.29, 1.82) is 0 Å². The number of sulfonamides is 1. The predicted molar refractivity (Wildman–Crippen MR) is 105 cm³/mol. The van der Waals surface area contributed by atoms with Crippen LogP contribution in [0, 0.1) is 5.92 Å². The van der Waals surface area contributed by atoms with Crippen LogP contribution in [-0.4, -0.2) is 37.3 Å². The molecule has 6 nitrogen and oxygen atoms in total. The minimum absolute atomic E-state index is 0.0380. The highest BCUT2D eigenvalue weighted by Crippen LogP contribution is 2.31. The van der Waals surface area contributed by atoms with Gasteiger partial charge in [0.15, 0.2) is 0 Å². The molecule has 150 valence electrons. The maximum atomic E-state index is 12.8. The molecule has 1 aromatic rings. The van der Waals surface area contributed by atoms with Gasteiger partial charge in [0.2, 0.25) is 15.9 Å². The van der Waals surface area contributed by atoms with Gasteiger partial charge in [0.05, 0.1) is 10.8 Å². The van der Waals surface area contributed by atoms with E-state index in [9.17, 15) is 13.2 Å². The number of hydrogen-bond donors (Lipinski definition) is 2. The first kappa shape index (κ1) is 20.3. The maximum absolute atomic E-state index is 12.8. The average Bonchev–Trinajstić information content (AvgIpc) is 2.66. The van der Waals surface area contributed by atoms with Crippen molar-refractivity contribution in [3.63, 3.8) is 0 Å². The Morgan fingerprint density at radius 1 is 1.22 bits per heavy atom. The lowest BCUT2D eigenvalue weighted by Crippen LogP contribution is -2.52. The summed E-state index contributed by atoms with van der Waals surface area (Å²) in [6, 6.07) is 6.89. The number of piperidine rings is 1. The molecule has 2 atom stereocenters. The summed E-state index contributed by atoms with van der Waals surface area (Å²) < 4.78 is 27.2. The molecule has 2 unspecified atom stereocenters. The van der Waals surface area contributed by atoms with Gasteiger partial charge in [-0.2, -0.15) is 4.31 Å². The van der Waals surface area contributed by atoms with Gasteiger partial charge in [-0.25, -0.2) is 8.42 Å². The summed E-state index contributed by atoms with van der Waals surface area (Å²) in [5.41, 5.74) is 6.63.